The summed E-state index contributed by atoms with van der Waals surface area (Å²) in [5.74, 6) is 0. The summed E-state index contributed by atoms with van der Waals surface area (Å²) in [4.78, 5) is 11.5. The molecule has 0 saturated heterocycles. The molecule has 0 aliphatic heterocycles. The number of nitrogens with one attached hydrogen (secondary N) is 2. The molecule has 0 spiro atoms. The maximum absolute atomic E-state index is 4.37. The Morgan fingerprint density at radius 2 is 1.80 bits per heavy atom. The third-order valence-electron chi connectivity index (χ3n) is 2.38. The molecule has 0 atom stereocenters. The van der Waals surface area contributed by atoms with Gasteiger partial charge in [0.1, 0.15) is 0 Å². The fraction of sp³-hybridized carbons (Fsp3) is 0.286. The molecule has 0 amide bonds. The molecule has 2 aromatic rings. The lowest BCUT2D eigenvalue weighted by atomic mass is 10.1. The molecule has 4 nitrogen and oxygen atoms in total. The van der Waals surface area contributed by atoms with Crippen LogP contribution in [0.15, 0.2) is 41.8 Å². The van der Waals surface area contributed by atoms with Crippen molar-refractivity contribution in [2.75, 3.05) is 5.32 Å². The number of hydrogen-bond acceptors (Lipinski definition) is 2. The highest BCUT2D eigenvalue weighted by Gasteiger charge is 2.04. The van der Waals surface area contributed by atoms with Gasteiger partial charge < -0.3 is 10.3 Å². The maximum Gasteiger partial charge on any atom is 0.0924 e. The van der Waals surface area contributed by atoms with Gasteiger partial charge in [0.25, 0.3) is 0 Å². The van der Waals surface area contributed by atoms with Crippen LogP contribution in [-0.4, -0.2) is 21.8 Å². The second-order valence-electron chi connectivity index (χ2n) is 5.12. The van der Waals surface area contributed by atoms with E-state index in [4.69, 9.17) is 0 Å². The van der Waals surface area contributed by atoms with E-state index in [2.05, 4.69) is 41.0 Å². The van der Waals surface area contributed by atoms with Crippen LogP contribution in [0, 0.1) is 0 Å². The predicted octanol–water partition coefficient (Wildman–Crippen LogP) is 4.16. The summed E-state index contributed by atoms with van der Waals surface area (Å²) in [5, 5.41) is 3.16. The first kappa shape index (κ1) is 18.5. The quantitative estimate of drug-likeness (QED) is 0.660. The van der Waals surface area contributed by atoms with E-state index in [0.717, 1.165) is 16.9 Å². The van der Waals surface area contributed by atoms with E-state index >= 15 is 0 Å². The number of rotatable bonds is 3. The summed E-state index contributed by atoms with van der Waals surface area (Å²) in [6.45, 7) is 6.19. The van der Waals surface area contributed by atoms with E-state index in [9.17, 15) is 0 Å². The van der Waals surface area contributed by atoms with Crippen molar-refractivity contribution >= 4 is 36.8 Å². The van der Waals surface area contributed by atoms with E-state index in [1.807, 2.05) is 30.5 Å². The number of H-pyrrole nitrogens is 1. The van der Waals surface area contributed by atoms with E-state index in [1.54, 1.807) is 12.7 Å². The van der Waals surface area contributed by atoms with Crippen molar-refractivity contribution in [3.8, 4) is 11.3 Å². The number of benzene rings is 1. The highest BCUT2D eigenvalue weighted by Crippen LogP contribution is 2.18. The van der Waals surface area contributed by atoms with E-state index in [-0.39, 0.29) is 30.4 Å². The van der Waals surface area contributed by atoms with Crippen LogP contribution in [0.3, 0.4) is 0 Å². The Bertz CT molecular complexity index is 513. The molecule has 0 bridgehead atoms. The van der Waals surface area contributed by atoms with Gasteiger partial charge in [-0.05, 0) is 38.5 Å². The van der Waals surface area contributed by atoms with Crippen molar-refractivity contribution in [1.82, 2.24) is 9.97 Å². The van der Waals surface area contributed by atoms with Crippen LogP contribution in [0.5, 0.6) is 0 Å². The SMILES string of the molecule is CC(C)(C)N=CNc1ccc(-c2cnc[nH]2)cc1.Cl.Cl. The van der Waals surface area contributed by atoms with Crippen LogP contribution in [-0.2, 0) is 0 Å². The molecule has 20 heavy (non-hydrogen) atoms. The Balaban J connectivity index is 0.00000180. The first-order valence-electron chi connectivity index (χ1n) is 5.94. The highest BCUT2D eigenvalue weighted by molar-refractivity contribution is 5.85. The lowest BCUT2D eigenvalue weighted by Crippen LogP contribution is -2.11. The Morgan fingerprint density at radius 3 is 2.30 bits per heavy atom. The van der Waals surface area contributed by atoms with Gasteiger partial charge in [-0.15, -0.1) is 24.8 Å². The summed E-state index contributed by atoms with van der Waals surface area (Å²) in [7, 11) is 0. The monoisotopic (exact) mass is 314 g/mol. The summed E-state index contributed by atoms with van der Waals surface area (Å²) in [6, 6.07) is 8.12. The molecular weight excluding hydrogens is 295 g/mol. The van der Waals surface area contributed by atoms with Gasteiger partial charge in [0.05, 0.1) is 30.1 Å². The minimum Gasteiger partial charge on any atom is -0.347 e. The van der Waals surface area contributed by atoms with Crippen LogP contribution in [0.1, 0.15) is 20.8 Å². The van der Waals surface area contributed by atoms with Crippen LogP contribution < -0.4 is 5.32 Å². The van der Waals surface area contributed by atoms with Crippen molar-refractivity contribution in [2.45, 2.75) is 26.3 Å². The van der Waals surface area contributed by atoms with Gasteiger partial charge in [0, 0.05) is 5.69 Å². The van der Waals surface area contributed by atoms with Crippen LogP contribution in [0.4, 0.5) is 5.69 Å². The smallest absolute Gasteiger partial charge is 0.0924 e. The first-order valence-corrected chi connectivity index (χ1v) is 5.94. The summed E-state index contributed by atoms with van der Waals surface area (Å²) >= 11 is 0. The van der Waals surface area contributed by atoms with Gasteiger partial charge in [-0.25, -0.2) is 4.98 Å². The van der Waals surface area contributed by atoms with Gasteiger partial charge in [-0.2, -0.15) is 0 Å². The van der Waals surface area contributed by atoms with Gasteiger partial charge in [-0.3, -0.25) is 4.99 Å². The van der Waals surface area contributed by atoms with Gasteiger partial charge in [0.15, 0.2) is 0 Å². The molecule has 1 heterocycles. The maximum atomic E-state index is 4.37. The van der Waals surface area contributed by atoms with E-state index < -0.39 is 0 Å². The van der Waals surface area contributed by atoms with Gasteiger partial charge in [0.2, 0.25) is 0 Å². The number of aromatic nitrogens is 2. The Labute approximate surface area is 131 Å². The molecule has 2 rings (SSSR count). The number of imidazole rings is 1. The average Bonchev–Trinajstić information content (AvgIpc) is 2.82. The van der Waals surface area contributed by atoms with Crippen molar-refractivity contribution in [3.63, 3.8) is 0 Å². The third-order valence-corrected chi connectivity index (χ3v) is 2.38. The number of halogens is 2. The molecule has 0 aliphatic rings. The minimum atomic E-state index is -0.0527. The van der Waals surface area contributed by atoms with Gasteiger partial charge in [-0.1, -0.05) is 12.1 Å². The fourth-order valence-corrected chi connectivity index (χ4v) is 1.46. The molecular formula is C14H20Cl2N4. The van der Waals surface area contributed by atoms with E-state index in [0.29, 0.717) is 0 Å². The Hall–Kier alpha value is -1.52. The topological polar surface area (TPSA) is 53.1 Å². The molecule has 0 aliphatic carbocycles. The van der Waals surface area contributed by atoms with Crippen molar-refractivity contribution in [3.05, 3.63) is 36.8 Å². The Kier molecular flexibility index (Phi) is 7.32. The number of aliphatic imine (C=N–C) groups is 1. The molecule has 0 unspecified atom stereocenters. The second kappa shape index (κ2) is 7.92. The zero-order chi connectivity index (χ0) is 13.0. The minimum absolute atomic E-state index is 0. The fourth-order valence-electron chi connectivity index (χ4n) is 1.46. The van der Waals surface area contributed by atoms with E-state index in [1.165, 1.54) is 0 Å². The summed E-state index contributed by atoms with van der Waals surface area (Å²) in [6.07, 6.45) is 5.23. The largest absolute Gasteiger partial charge is 0.347 e. The normalized spacial score (nSPS) is 10.8. The molecule has 110 valence electrons. The Morgan fingerprint density at radius 1 is 1.15 bits per heavy atom. The lowest BCUT2D eigenvalue weighted by Gasteiger charge is -2.11. The number of nitrogens with zero attached hydrogens (tertiary/aromatic N) is 2. The van der Waals surface area contributed by atoms with Crippen molar-refractivity contribution in [1.29, 1.82) is 0 Å². The molecule has 0 fully saturated rings. The predicted molar refractivity (Wildman–Crippen MR) is 90.4 cm³/mol. The van der Waals surface area contributed by atoms with Gasteiger partial charge >= 0.3 is 0 Å². The molecule has 0 radical (unpaired) electrons. The second-order valence-corrected chi connectivity index (χ2v) is 5.12. The third kappa shape index (κ3) is 5.63. The zero-order valence-electron chi connectivity index (χ0n) is 11.8. The standard InChI is InChI=1S/C14H18N4.2ClH/c1-14(2,3)18-10-16-12-6-4-11(5-7-12)13-8-15-9-17-13;;/h4-10H,1-3H3,(H,15,17)(H,16,18);2*1H. The lowest BCUT2D eigenvalue weighted by molar-refractivity contribution is 0.586. The molecule has 6 heteroatoms. The van der Waals surface area contributed by atoms with Crippen LogP contribution in [0.2, 0.25) is 0 Å². The molecule has 0 saturated carbocycles. The average molecular weight is 315 g/mol. The highest BCUT2D eigenvalue weighted by atomic mass is 35.5. The molecule has 2 N–H and O–H groups in total. The van der Waals surface area contributed by atoms with Crippen LogP contribution in [0.25, 0.3) is 11.3 Å². The number of aromatic amines is 1. The molecule has 1 aromatic heterocycles. The van der Waals surface area contributed by atoms with Crippen molar-refractivity contribution in [2.24, 2.45) is 4.99 Å². The van der Waals surface area contributed by atoms with Crippen molar-refractivity contribution < 1.29 is 0 Å². The van der Waals surface area contributed by atoms with Crippen LogP contribution >= 0.6 is 24.8 Å². The molecule has 1 aromatic carbocycles. The first-order chi connectivity index (χ1) is 8.54. The summed E-state index contributed by atoms with van der Waals surface area (Å²) in [5.41, 5.74) is 3.10. The number of anilines is 1. The summed E-state index contributed by atoms with van der Waals surface area (Å²) < 4.78 is 0. The zero-order valence-corrected chi connectivity index (χ0v) is 13.4. The number of hydrogen-bond donors (Lipinski definition) is 2.